The maximum absolute atomic E-state index is 10.7. The first-order valence-corrected chi connectivity index (χ1v) is 4.13. The van der Waals surface area contributed by atoms with Crippen LogP contribution in [-0.2, 0) is 6.42 Å². The lowest BCUT2D eigenvalue weighted by molar-refractivity contribution is 0.381. The molecule has 6 nitrogen and oxygen atoms in total. The van der Waals surface area contributed by atoms with E-state index in [2.05, 4.69) is 19.8 Å². The fraction of sp³-hybridized carbons (Fsp3) is 0.375. The summed E-state index contributed by atoms with van der Waals surface area (Å²) in [4.78, 5) is 13.1. The van der Waals surface area contributed by atoms with Crippen molar-refractivity contribution in [3.63, 3.8) is 0 Å². The van der Waals surface area contributed by atoms with Crippen molar-refractivity contribution in [1.29, 1.82) is 0 Å². The number of hydrogen-bond donors (Lipinski definition) is 1. The van der Waals surface area contributed by atoms with E-state index in [-0.39, 0.29) is 0 Å². The molecule has 0 atom stereocenters. The fourth-order valence-electron chi connectivity index (χ4n) is 1.26. The highest BCUT2D eigenvalue weighted by Crippen LogP contribution is 2.14. The molecule has 1 N–H and O–H groups in total. The smallest absolute Gasteiger partial charge is 0.361 e. The van der Waals surface area contributed by atoms with Crippen molar-refractivity contribution in [3.05, 3.63) is 33.4 Å². The molecule has 0 radical (unpaired) electrons. The normalized spacial score (nSPS) is 10.7. The number of nitrogens with zero attached hydrogens (tertiary/aromatic N) is 2. The fourth-order valence-corrected chi connectivity index (χ4v) is 1.26. The minimum atomic E-state index is -0.549. The molecular formula is C8H9N3O3. The van der Waals surface area contributed by atoms with Gasteiger partial charge in [0, 0.05) is 12.0 Å². The number of aromatic nitrogens is 3. The van der Waals surface area contributed by atoms with E-state index in [0.29, 0.717) is 12.2 Å². The summed E-state index contributed by atoms with van der Waals surface area (Å²) in [5.41, 5.74) is 1.72. The van der Waals surface area contributed by atoms with E-state index < -0.39 is 5.76 Å². The van der Waals surface area contributed by atoms with Gasteiger partial charge in [-0.15, -0.1) is 0 Å². The number of H-pyrrole nitrogens is 1. The lowest BCUT2D eigenvalue weighted by Crippen LogP contribution is -1.99. The van der Waals surface area contributed by atoms with Crippen molar-refractivity contribution >= 4 is 0 Å². The Morgan fingerprint density at radius 3 is 2.57 bits per heavy atom. The van der Waals surface area contributed by atoms with Gasteiger partial charge >= 0.3 is 5.76 Å². The van der Waals surface area contributed by atoms with Crippen LogP contribution in [0.25, 0.3) is 0 Å². The number of nitrogens with one attached hydrogen (secondary N) is 1. The summed E-state index contributed by atoms with van der Waals surface area (Å²) in [6.45, 7) is 3.65. The average Bonchev–Trinajstić information content (AvgIpc) is 2.67. The van der Waals surface area contributed by atoms with Crippen LogP contribution in [0.1, 0.15) is 22.8 Å². The average molecular weight is 195 g/mol. The third-order valence-corrected chi connectivity index (χ3v) is 2.01. The number of aryl methyl sites for hydroxylation is 2. The minimum absolute atomic E-state index is 0.465. The molecule has 2 aromatic heterocycles. The van der Waals surface area contributed by atoms with Gasteiger partial charge in [-0.3, -0.25) is 9.51 Å². The SMILES string of the molecule is Cc1noc(C)c1Cc1noc(=O)[nH]1. The van der Waals surface area contributed by atoms with Gasteiger partial charge in [-0.1, -0.05) is 10.3 Å². The second kappa shape index (κ2) is 3.13. The number of aromatic amines is 1. The van der Waals surface area contributed by atoms with E-state index in [4.69, 9.17) is 4.52 Å². The van der Waals surface area contributed by atoms with Gasteiger partial charge in [0.25, 0.3) is 0 Å². The Labute approximate surface area is 78.9 Å². The lowest BCUT2D eigenvalue weighted by Gasteiger charge is -1.93. The molecule has 0 saturated heterocycles. The topological polar surface area (TPSA) is 84.9 Å². The van der Waals surface area contributed by atoms with E-state index in [1.165, 1.54) is 0 Å². The second-order valence-corrected chi connectivity index (χ2v) is 3.02. The summed E-state index contributed by atoms with van der Waals surface area (Å²) in [6, 6.07) is 0. The first-order valence-electron chi connectivity index (χ1n) is 4.13. The molecule has 74 valence electrons. The molecule has 0 aliphatic heterocycles. The van der Waals surface area contributed by atoms with Crippen molar-refractivity contribution < 1.29 is 9.05 Å². The quantitative estimate of drug-likeness (QED) is 0.756. The maximum atomic E-state index is 10.7. The van der Waals surface area contributed by atoms with E-state index in [0.717, 1.165) is 17.0 Å². The molecule has 0 aliphatic carbocycles. The van der Waals surface area contributed by atoms with E-state index >= 15 is 0 Å². The molecule has 14 heavy (non-hydrogen) atoms. The zero-order chi connectivity index (χ0) is 10.1. The Balaban J connectivity index is 2.31. The predicted molar refractivity (Wildman–Crippen MR) is 45.9 cm³/mol. The Hall–Kier alpha value is -1.85. The zero-order valence-corrected chi connectivity index (χ0v) is 7.83. The molecule has 0 saturated carbocycles. The molecule has 0 aliphatic rings. The first kappa shape index (κ1) is 8.74. The molecule has 0 bridgehead atoms. The standard InChI is InChI=1S/C8H9N3O3/c1-4-6(5(2)13-10-4)3-7-9-8(12)14-11-7/h3H2,1-2H3,(H,9,11,12). The second-order valence-electron chi connectivity index (χ2n) is 3.02. The van der Waals surface area contributed by atoms with Gasteiger partial charge in [0.15, 0.2) is 5.82 Å². The van der Waals surface area contributed by atoms with Crippen LogP contribution >= 0.6 is 0 Å². The van der Waals surface area contributed by atoms with E-state index in [1.54, 1.807) is 0 Å². The third kappa shape index (κ3) is 1.46. The van der Waals surface area contributed by atoms with Crippen LogP contribution in [0.2, 0.25) is 0 Å². The summed E-state index contributed by atoms with van der Waals surface area (Å²) in [6.07, 6.45) is 0.465. The van der Waals surface area contributed by atoms with Crippen molar-refractivity contribution in [2.45, 2.75) is 20.3 Å². The molecule has 2 rings (SSSR count). The molecule has 0 aromatic carbocycles. The monoisotopic (exact) mass is 195 g/mol. The Morgan fingerprint density at radius 1 is 1.29 bits per heavy atom. The number of hydrogen-bond acceptors (Lipinski definition) is 5. The van der Waals surface area contributed by atoms with Crippen LogP contribution < -0.4 is 5.76 Å². The highest BCUT2D eigenvalue weighted by molar-refractivity contribution is 5.23. The van der Waals surface area contributed by atoms with E-state index in [9.17, 15) is 4.79 Å². The van der Waals surface area contributed by atoms with Crippen LogP contribution in [0.3, 0.4) is 0 Å². The van der Waals surface area contributed by atoms with Crippen LogP contribution in [0.5, 0.6) is 0 Å². The van der Waals surface area contributed by atoms with Crippen molar-refractivity contribution in [2.24, 2.45) is 0 Å². The molecular weight excluding hydrogens is 186 g/mol. The maximum Gasteiger partial charge on any atom is 0.438 e. The summed E-state index contributed by atoms with van der Waals surface area (Å²) < 4.78 is 9.35. The Bertz CT molecular complexity index is 474. The van der Waals surface area contributed by atoms with Crippen molar-refractivity contribution in [2.75, 3.05) is 0 Å². The molecule has 0 fully saturated rings. The largest absolute Gasteiger partial charge is 0.438 e. The van der Waals surface area contributed by atoms with Crippen LogP contribution in [0.15, 0.2) is 13.8 Å². The molecule has 6 heteroatoms. The molecule has 2 heterocycles. The lowest BCUT2D eigenvalue weighted by atomic mass is 10.1. The van der Waals surface area contributed by atoms with Gasteiger partial charge < -0.3 is 4.52 Å². The van der Waals surface area contributed by atoms with Gasteiger partial charge in [0.2, 0.25) is 0 Å². The zero-order valence-electron chi connectivity index (χ0n) is 7.83. The third-order valence-electron chi connectivity index (χ3n) is 2.01. The van der Waals surface area contributed by atoms with Gasteiger partial charge in [0.1, 0.15) is 5.76 Å². The summed E-state index contributed by atoms with van der Waals surface area (Å²) in [5.74, 6) is 0.655. The Morgan fingerprint density at radius 2 is 2.07 bits per heavy atom. The van der Waals surface area contributed by atoms with Crippen LogP contribution in [0.4, 0.5) is 0 Å². The summed E-state index contributed by atoms with van der Waals surface area (Å²) >= 11 is 0. The molecule has 0 spiro atoms. The van der Waals surface area contributed by atoms with Gasteiger partial charge in [-0.05, 0) is 13.8 Å². The number of rotatable bonds is 2. The van der Waals surface area contributed by atoms with Crippen molar-refractivity contribution in [3.8, 4) is 0 Å². The van der Waals surface area contributed by atoms with E-state index in [1.807, 2.05) is 13.8 Å². The summed E-state index contributed by atoms with van der Waals surface area (Å²) in [7, 11) is 0. The van der Waals surface area contributed by atoms with Crippen molar-refractivity contribution in [1.82, 2.24) is 15.3 Å². The molecule has 0 unspecified atom stereocenters. The van der Waals surface area contributed by atoms with Crippen LogP contribution in [-0.4, -0.2) is 15.3 Å². The molecule has 2 aromatic rings. The first-order chi connectivity index (χ1) is 6.66. The van der Waals surface area contributed by atoms with Gasteiger partial charge in [-0.25, -0.2) is 4.79 Å². The Kier molecular flexibility index (Phi) is 1.95. The van der Waals surface area contributed by atoms with Crippen LogP contribution in [0, 0.1) is 13.8 Å². The summed E-state index contributed by atoms with van der Waals surface area (Å²) in [5, 5.41) is 7.35. The highest BCUT2D eigenvalue weighted by Gasteiger charge is 2.11. The van der Waals surface area contributed by atoms with Gasteiger partial charge in [-0.2, -0.15) is 0 Å². The van der Waals surface area contributed by atoms with Gasteiger partial charge in [0.05, 0.1) is 5.69 Å². The minimum Gasteiger partial charge on any atom is -0.361 e. The highest BCUT2D eigenvalue weighted by atomic mass is 16.5. The predicted octanol–water partition coefficient (Wildman–Crippen LogP) is 0.559. The molecule has 0 amide bonds.